The maximum atomic E-state index is 8.82. The average Bonchev–Trinajstić information content (AvgIpc) is 1.83. The maximum absolute atomic E-state index is 8.82. The number of hydrogen-bond donors (Lipinski definition) is 2. The van der Waals surface area contributed by atoms with Gasteiger partial charge in [-0.05, 0) is 6.42 Å². The Balaban J connectivity index is 0. The summed E-state index contributed by atoms with van der Waals surface area (Å²) < 4.78 is 0. The Morgan fingerprint density at radius 3 is 2.56 bits per heavy atom. The van der Waals surface area contributed by atoms with Crippen molar-refractivity contribution in [1.29, 1.82) is 0 Å². The van der Waals surface area contributed by atoms with Crippen LogP contribution in [-0.2, 0) is 0 Å². The van der Waals surface area contributed by atoms with Crippen molar-refractivity contribution in [2.45, 2.75) is 19.6 Å². The summed E-state index contributed by atoms with van der Waals surface area (Å²) in [5.74, 6) is 0.553. The van der Waals surface area contributed by atoms with Crippen LogP contribution in [0.3, 0.4) is 0 Å². The van der Waals surface area contributed by atoms with Crippen molar-refractivity contribution in [3.8, 4) is 0 Å². The topological polar surface area (TPSA) is 32.3 Å². The van der Waals surface area contributed by atoms with E-state index in [0.717, 1.165) is 6.42 Å². The Kier molecular flexibility index (Phi) is 11.5. The molecular weight excluding hydrogens is 161 g/mol. The summed E-state index contributed by atoms with van der Waals surface area (Å²) in [6.45, 7) is 2.59. The molecule has 0 rings (SSSR count). The van der Waals surface area contributed by atoms with E-state index >= 15 is 0 Å². The van der Waals surface area contributed by atoms with E-state index < -0.39 is 0 Å². The van der Waals surface area contributed by atoms with Gasteiger partial charge in [0.15, 0.2) is 0 Å². The predicted octanol–water partition coefficient (Wildman–Crippen LogP) is 0.965. The minimum absolute atomic E-state index is 0. The van der Waals surface area contributed by atoms with Crippen LogP contribution in [0.15, 0.2) is 0 Å². The minimum Gasteiger partial charge on any atom is -0.379 e. The maximum Gasteiger partial charge on any atom is 0.104 e. The zero-order valence-electron chi connectivity index (χ0n) is 5.43. The Labute approximate surface area is 67.0 Å². The third-order valence-electron chi connectivity index (χ3n) is 0.861. The second-order valence-electron chi connectivity index (χ2n) is 1.57. The van der Waals surface area contributed by atoms with Gasteiger partial charge in [-0.25, -0.2) is 0 Å². The van der Waals surface area contributed by atoms with Crippen LogP contribution in [0.4, 0.5) is 0 Å². The molecular formula is C5H13Cl2NO. The third-order valence-corrected chi connectivity index (χ3v) is 1.05. The molecule has 0 bridgehead atoms. The molecule has 0 aliphatic carbocycles. The summed E-state index contributed by atoms with van der Waals surface area (Å²) in [6.07, 6.45) is 0.352. The highest BCUT2D eigenvalue weighted by molar-refractivity contribution is 6.18. The van der Waals surface area contributed by atoms with Gasteiger partial charge in [-0.15, -0.1) is 24.0 Å². The fourth-order valence-corrected chi connectivity index (χ4v) is 0.475. The fourth-order valence-electron chi connectivity index (χ4n) is 0.366. The molecule has 58 valence electrons. The number of nitrogens with one attached hydrogen (secondary N) is 1. The SMILES string of the molecule is CCC(O)NCCCl.Cl. The van der Waals surface area contributed by atoms with Gasteiger partial charge in [-0.2, -0.15) is 0 Å². The van der Waals surface area contributed by atoms with Crippen LogP contribution in [0, 0.1) is 0 Å². The normalized spacial score (nSPS) is 12.3. The van der Waals surface area contributed by atoms with E-state index in [9.17, 15) is 0 Å². The first-order valence-electron chi connectivity index (χ1n) is 2.78. The molecule has 0 heterocycles. The van der Waals surface area contributed by atoms with Crippen LogP contribution >= 0.6 is 24.0 Å². The molecule has 0 spiro atoms. The molecule has 1 atom stereocenters. The highest BCUT2D eigenvalue weighted by atomic mass is 35.5. The molecule has 0 fully saturated rings. The quantitative estimate of drug-likeness (QED) is 0.491. The van der Waals surface area contributed by atoms with E-state index in [2.05, 4.69) is 5.32 Å². The lowest BCUT2D eigenvalue weighted by Gasteiger charge is -2.06. The average molecular weight is 174 g/mol. The van der Waals surface area contributed by atoms with Crippen molar-refractivity contribution in [3.05, 3.63) is 0 Å². The number of halogens is 2. The molecule has 0 aromatic heterocycles. The van der Waals surface area contributed by atoms with Gasteiger partial charge >= 0.3 is 0 Å². The fraction of sp³-hybridized carbons (Fsp3) is 1.00. The highest BCUT2D eigenvalue weighted by Gasteiger charge is 1.94. The Bertz CT molecular complexity index is 54.2. The minimum atomic E-state index is -0.381. The summed E-state index contributed by atoms with van der Waals surface area (Å²) in [5, 5.41) is 11.6. The Morgan fingerprint density at radius 2 is 2.22 bits per heavy atom. The van der Waals surface area contributed by atoms with Gasteiger partial charge in [0, 0.05) is 12.4 Å². The van der Waals surface area contributed by atoms with Crippen LogP contribution in [-0.4, -0.2) is 23.8 Å². The summed E-state index contributed by atoms with van der Waals surface area (Å²) in [7, 11) is 0. The van der Waals surface area contributed by atoms with Gasteiger partial charge in [0.05, 0.1) is 0 Å². The van der Waals surface area contributed by atoms with Gasteiger partial charge in [0.2, 0.25) is 0 Å². The van der Waals surface area contributed by atoms with E-state index in [0.29, 0.717) is 12.4 Å². The summed E-state index contributed by atoms with van der Waals surface area (Å²) in [5.41, 5.74) is 0. The van der Waals surface area contributed by atoms with Crippen molar-refractivity contribution in [2.24, 2.45) is 0 Å². The molecule has 0 saturated carbocycles. The van der Waals surface area contributed by atoms with Gasteiger partial charge in [-0.3, -0.25) is 5.32 Å². The van der Waals surface area contributed by atoms with Crippen LogP contribution < -0.4 is 5.32 Å². The zero-order valence-corrected chi connectivity index (χ0v) is 7.00. The first-order chi connectivity index (χ1) is 3.81. The molecule has 1 unspecified atom stereocenters. The predicted molar refractivity (Wildman–Crippen MR) is 42.3 cm³/mol. The second-order valence-corrected chi connectivity index (χ2v) is 1.95. The second kappa shape index (κ2) is 8.50. The van der Waals surface area contributed by atoms with Gasteiger partial charge in [0.1, 0.15) is 6.23 Å². The molecule has 0 aromatic carbocycles. The molecule has 0 radical (unpaired) electrons. The van der Waals surface area contributed by atoms with Crippen LogP contribution in [0.25, 0.3) is 0 Å². The molecule has 9 heavy (non-hydrogen) atoms. The third kappa shape index (κ3) is 8.50. The van der Waals surface area contributed by atoms with Crippen LogP contribution in [0.2, 0.25) is 0 Å². The zero-order chi connectivity index (χ0) is 6.41. The molecule has 0 amide bonds. The lowest BCUT2D eigenvalue weighted by Crippen LogP contribution is -2.29. The van der Waals surface area contributed by atoms with E-state index in [-0.39, 0.29) is 18.6 Å². The number of aliphatic hydroxyl groups is 1. The number of alkyl halides is 1. The van der Waals surface area contributed by atoms with E-state index in [1.807, 2.05) is 6.92 Å². The summed E-state index contributed by atoms with van der Waals surface area (Å²) in [4.78, 5) is 0. The van der Waals surface area contributed by atoms with Crippen LogP contribution in [0.5, 0.6) is 0 Å². The van der Waals surface area contributed by atoms with Gasteiger partial charge in [0.25, 0.3) is 0 Å². The molecule has 2 N–H and O–H groups in total. The summed E-state index contributed by atoms with van der Waals surface area (Å²) >= 11 is 5.33. The van der Waals surface area contributed by atoms with E-state index in [1.165, 1.54) is 0 Å². The smallest absolute Gasteiger partial charge is 0.104 e. The number of aliphatic hydroxyl groups excluding tert-OH is 1. The van der Waals surface area contributed by atoms with Gasteiger partial charge in [-0.1, -0.05) is 6.92 Å². The van der Waals surface area contributed by atoms with Crippen molar-refractivity contribution in [1.82, 2.24) is 5.32 Å². The molecule has 0 aliphatic rings. The molecule has 0 saturated heterocycles. The first-order valence-corrected chi connectivity index (χ1v) is 3.32. The molecule has 0 aliphatic heterocycles. The lowest BCUT2D eigenvalue weighted by atomic mass is 10.4. The van der Waals surface area contributed by atoms with Crippen molar-refractivity contribution < 1.29 is 5.11 Å². The van der Waals surface area contributed by atoms with E-state index in [4.69, 9.17) is 16.7 Å². The number of hydrogen-bond acceptors (Lipinski definition) is 2. The monoisotopic (exact) mass is 173 g/mol. The van der Waals surface area contributed by atoms with Crippen molar-refractivity contribution in [3.63, 3.8) is 0 Å². The highest BCUT2D eigenvalue weighted by Crippen LogP contribution is 1.82. The van der Waals surface area contributed by atoms with Crippen LogP contribution in [0.1, 0.15) is 13.3 Å². The first kappa shape index (κ1) is 12.2. The Morgan fingerprint density at radius 1 is 1.67 bits per heavy atom. The van der Waals surface area contributed by atoms with Gasteiger partial charge < -0.3 is 5.11 Å². The number of rotatable bonds is 4. The lowest BCUT2D eigenvalue weighted by molar-refractivity contribution is 0.136. The Hall–Kier alpha value is 0.500. The molecule has 4 heteroatoms. The van der Waals surface area contributed by atoms with Crippen molar-refractivity contribution in [2.75, 3.05) is 12.4 Å². The summed E-state index contributed by atoms with van der Waals surface area (Å²) in [6, 6.07) is 0. The van der Waals surface area contributed by atoms with Crippen molar-refractivity contribution >= 4 is 24.0 Å². The standard InChI is InChI=1S/C5H12ClNO.ClH/c1-2-5(8)7-4-3-6;/h5,7-8H,2-4H2,1H3;1H. The largest absolute Gasteiger partial charge is 0.379 e. The van der Waals surface area contributed by atoms with E-state index in [1.54, 1.807) is 0 Å². The molecule has 0 aromatic rings. The molecule has 2 nitrogen and oxygen atoms in total.